The molecule has 1 aliphatic carbocycles. The first kappa shape index (κ1) is 21.3. The van der Waals surface area contributed by atoms with Crippen molar-refractivity contribution in [3.05, 3.63) is 46.4 Å². The Balaban J connectivity index is 1.25. The zero-order valence-corrected chi connectivity index (χ0v) is 19.3. The van der Waals surface area contributed by atoms with Crippen LogP contribution in [-0.2, 0) is 6.42 Å². The van der Waals surface area contributed by atoms with Gasteiger partial charge in [-0.25, -0.2) is 9.98 Å². The SMILES string of the molecule is C=C(CC(C)(C)C)N1CCC(CCC2=NCC(C3=Cc4c(ccnc4Cl)C3)=N2)CC1. The molecular weight excluding hydrogens is 392 g/mol. The summed E-state index contributed by atoms with van der Waals surface area (Å²) in [6, 6.07) is 2.05. The van der Waals surface area contributed by atoms with Crippen LogP contribution in [-0.4, -0.2) is 41.1 Å². The molecule has 1 fully saturated rings. The molecule has 30 heavy (non-hydrogen) atoms. The van der Waals surface area contributed by atoms with Gasteiger partial charge in [0.1, 0.15) is 11.0 Å². The van der Waals surface area contributed by atoms with Gasteiger partial charge < -0.3 is 4.90 Å². The largest absolute Gasteiger partial charge is 0.375 e. The zero-order chi connectivity index (χ0) is 21.3. The number of rotatable bonds is 6. The van der Waals surface area contributed by atoms with Gasteiger partial charge in [0.05, 0.1) is 12.3 Å². The third-order valence-electron chi connectivity index (χ3n) is 6.35. The van der Waals surface area contributed by atoms with Crippen molar-refractivity contribution in [2.45, 2.75) is 59.3 Å². The number of hydrogen-bond donors (Lipinski definition) is 0. The molecule has 0 aromatic carbocycles. The van der Waals surface area contributed by atoms with Crippen molar-refractivity contribution in [2.75, 3.05) is 19.6 Å². The summed E-state index contributed by atoms with van der Waals surface area (Å²) in [5.41, 5.74) is 6.24. The van der Waals surface area contributed by atoms with E-state index >= 15 is 0 Å². The van der Waals surface area contributed by atoms with Crippen LogP contribution in [0.3, 0.4) is 0 Å². The minimum Gasteiger partial charge on any atom is -0.375 e. The first-order valence-corrected chi connectivity index (χ1v) is 11.5. The predicted molar refractivity (Wildman–Crippen MR) is 127 cm³/mol. The Kier molecular flexibility index (Phi) is 6.15. The molecule has 0 unspecified atom stereocenters. The molecule has 4 nitrogen and oxygen atoms in total. The maximum absolute atomic E-state index is 6.23. The Morgan fingerprint density at radius 1 is 1.27 bits per heavy atom. The second kappa shape index (κ2) is 8.66. The van der Waals surface area contributed by atoms with Gasteiger partial charge in [-0.15, -0.1) is 0 Å². The quantitative estimate of drug-likeness (QED) is 0.528. The molecule has 160 valence electrons. The summed E-state index contributed by atoms with van der Waals surface area (Å²) in [6.45, 7) is 14.2. The summed E-state index contributed by atoms with van der Waals surface area (Å²) in [5, 5.41) is 0.582. The molecule has 0 atom stereocenters. The number of likely N-dealkylation sites (tertiary alicyclic amines) is 1. The Morgan fingerprint density at radius 2 is 2.03 bits per heavy atom. The molecule has 3 heterocycles. The van der Waals surface area contributed by atoms with Crippen LogP contribution in [0.15, 0.2) is 40.1 Å². The summed E-state index contributed by atoms with van der Waals surface area (Å²) in [5.74, 6) is 1.79. The van der Waals surface area contributed by atoms with Crippen molar-refractivity contribution in [1.82, 2.24) is 9.88 Å². The number of pyridine rings is 1. The molecule has 2 aliphatic heterocycles. The van der Waals surface area contributed by atoms with E-state index in [1.165, 1.54) is 36.1 Å². The predicted octanol–water partition coefficient (Wildman–Crippen LogP) is 5.97. The van der Waals surface area contributed by atoms with E-state index in [2.05, 4.69) is 43.3 Å². The lowest BCUT2D eigenvalue weighted by Crippen LogP contribution is -2.34. The number of hydrogen-bond acceptors (Lipinski definition) is 4. The van der Waals surface area contributed by atoms with Crippen LogP contribution in [0.1, 0.15) is 64.0 Å². The fourth-order valence-corrected chi connectivity index (χ4v) is 4.93. The molecule has 0 amide bonds. The van der Waals surface area contributed by atoms with E-state index in [4.69, 9.17) is 21.6 Å². The number of aromatic nitrogens is 1. The molecule has 0 saturated carbocycles. The number of allylic oxidation sites excluding steroid dienone is 1. The Bertz CT molecular complexity index is 912. The third kappa shape index (κ3) is 5.03. The number of aliphatic imine (C=N–C) groups is 2. The number of nitrogens with zero attached hydrogens (tertiary/aromatic N) is 4. The molecule has 4 rings (SSSR count). The van der Waals surface area contributed by atoms with Crippen LogP contribution in [0.4, 0.5) is 0 Å². The minimum absolute atomic E-state index is 0.308. The highest BCUT2D eigenvalue weighted by molar-refractivity contribution is 6.31. The summed E-state index contributed by atoms with van der Waals surface area (Å²) in [6.07, 6.45) is 10.5. The maximum atomic E-state index is 6.23. The van der Waals surface area contributed by atoms with Gasteiger partial charge in [0.2, 0.25) is 0 Å². The first-order chi connectivity index (χ1) is 14.3. The molecule has 1 aromatic heterocycles. The third-order valence-corrected chi connectivity index (χ3v) is 6.65. The lowest BCUT2D eigenvalue weighted by Gasteiger charge is -2.36. The molecular formula is C25H33ClN4. The molecule has 1 aromatic rings. The summed E-state index contributed by atoms with van der Waals surface area (Å²) < 4.78 is 0. The van der Waals surface area contributed by atoms with Gasteiger partial charge in [-0.3, -0.25) is 4.99 Å². The van der Waals surface area contributed by atoms with Crippen molar-refractivity contribution in [3.8, 4) is 0 Å². The Morgan fingerprint density at radius 3 is 2.73 bits per heavy atom. The number of fused-ring (bicyclic) bond motifs is 1. The molecule has 0 N–H and O–H groups in total. The highest BCUT2D eigenvalue weighted by atomic mass is 35.5. The van der Waals surface area contributed by atoms with Gasteiger partial charge in [0.25, 0.3) is 0 Å². The monoisotopic (exact) mass is 424 g/mol. The topological polar surface area (TPSA) is 40.9 Å². The molecule has 3 aliphatic rings. The molecule has 1 saturated heterocycles. The van der Waals surface area contributed by atoms with Gasteiger partial charge >= 0.3 is 0 Å². The van der Waals surface area contributed by atoms with E-state index < -0.39 is 0 Å². The smallest absolute Gasteiger partial charge is 0.136 e. The van der Waals surface area contributed by atoms with Crippen LogP contribution in [0.5, 0.6) is 0 Å². The van der Waals surface area contributed by atoms with E-state index in [1.54, 1.807) is 6.20 Å². The van der Waals surface area contributed by atoms with Gasteiger partial charge in [0.15, 0.2) is 0 Å². The normalized spacial score (nSPS) is 19.5. The van der Waals surface area contributed by atoms with E-state index in [1.807, 2.05) is 6.07 Å². The maximum Gasteiger partial charge on any atom is 0.136 e. The summed E-state index contributed by atoms with van der Waals surface area (Å²) >= 11 is 6.23. The fourth-order valence-electron chi connectivity index (χ4n) is 4.70. The molecule has 0 radical (unpaired) electrons. The van der Waals surface area contributed by atoms with Gasteiger partial charge in [-0.1, -0.05) is 39.0 Å². The van der Waals surface area contributed by atoms with E-state index in [0.717, 1.165) is 55.4 Å². The van der Waals surface area contributed by atoms with Gasteiger partial charge in [-0.05, 0) is 60.3 Å². The van der Waals surface area contributed by atoms with Crippen molar-refractivity contribution < 1.29 is 0 Å². The van der Waals surface area contributed by atoms with E-state index in [-0.39, 0.29) is 0 Å². The minimum atomic E-state index is 0.308. The van der Waals surface area contributed by atoms with Crippen LogP contribution >= 0.6 is 11.6 Å². The van der Waals surface area contributed by atoms with Crippen LogP contribution in [0, 0.1) is 11.3 Å². The highest BCUT2D eigenvalue weighted by Crippen LogP contribution is 2.32. The number of amidine groups is 1. The van der Waals surface area contributed by atoms with E-state index in [9.17, 15) is 0 Å². The second-order valence-electron chi connectivity index (χ2n) is 10.1. The summed E-state index contributed by atoms with van der Waals surface area (Å²) in [4.78, 5) is 16.3. The Labute approximate surface area is 185 Å². The van der Waals surface area contributed by atoms with Crippen molar-refractivity contribution in [3.63, 3.8) is 0 Å². The summed E-state index contributed by atoms with van der Waals surface area (Å²) in [7, 11) is 0. The standard InChI is InChI=1S/C25H33ClN4/c1-17(15-25(2,3)4)30-11-8-18(9-12-30)5-6-23-28-16-22(29-23)20-13-19-7-10-27-24(26)21(19)14-20/h7,10,14,18H,1,5-6,8-9,11-13,15-16H2,2-4H3. The average Bonchev–Trinajstić information content (AvgIpc) is 3.33. The number of halogens is 1. The zero-order valence-electron chi connectivity index (χ0n) is 18.5. The van der Waals surface area contributed by atoms with Crippen LogP contribution in [0.2, 0.25) is 5.15 Å². The fraction of sp³-hybridized carbons (Fsp3) is 0.560. The molecule has 0 spiro atoms. The van der Waals surface area contributed by atoms with Crippen molar-refractivity contribution in [2.24, 2.45) is 21.3 Å². The lowest BCUT2D eigenvalue weighted by atomic mass is 9.88. The van der Waals surface area contributed by atoms with E-state index in [0.29, 0.717) is 17.1 Å². The Hall–Kier alpha value is -1.94. The van der Waals surface area contributed by atoms with Crippen molar-refractivity contribution >= 4 is 29.2 Å². The van der Waals surface area contributed by atoms with Crippen LogP contribution < -0.4 is 0 Å². The van der Waals surface area contributed by atoms with Crippen LogP contribution in [0.25, 0.3) is 6.08 Å². The first-order valence-electron chi connectivity index (χ1n) is 11.2. The lowest BCUT2D eigenvalue weighted by molar-refractivity contribution is 0.203. The highest BCUT2D eigenvalue weighted by Gasteiger charge is 2.25. The van der Waals surface area contributed by atoms with Crippen molar-refractivity contribution in [1.29, 1.82) is 0 Å². The van der Waals surface area contributed by atoms with Gasteiger partial charge in [-0.2, -0.15) is 0 Å². The average molecular weight is 425 g/mol. The molecule has 5 heteroatoms. The molecule has 0 bridgehead atoms. The number of piperidine rings is 1. The van der Waals surface area contributed by atoms with Gasteiger partial charge in [0, 0.05) is 43.4 Å². The second-order valence-corrected chi connectivity index (χ2v) is 10.4.